The van der Waals surface area contributed by atoms with Crippen molar-refractivity contribution in [2.24, 2.45) is 11.8 Å². The Bertz CT molecular complexity index is 568. The highest BCUT2D eigenvalue weighted by Gasteiger charge is 2.46. The third-order valence-electron chi connectivity index (χ3n) is 5.27. The average Bonchev–Trinajstić information content (AvgIpc) is 2.48. The lowest BCUT2D eigenvalue weighted by molar-refractivity contribution is -0.0873. The summed E-state index contributed by atoms with van der Waals surface area (Å²) in [6.45, 7) is 1.99. The smallest absolute Gasteiger partial charge is 0.338 e. The molecule has 0 amide bonds. The van der Waals surface area contributed by atoms with Gasteiger partial charge in [-0.2, -0.15) is 0 Å². The molecule has 1 aromatic rings. The number of carbonyl (C=O) groups is 1. The van der Waals surface area contributed by atoms with Crippen LogP contribution >= 0.6 is 36.4 Å². The zero-order valence-corrected chi connectivity index (χ0v) is 17.2. The number of ether oxygens (including phenoxy) is 1. The molecule has 1 aliphatic heterocycles. The summed E-state index contributed by atoms with van der Waals surface area (Å²) in [5.74, 6) is 0.579. The van der Waals surface area contributed by atoms with E-state index in [-0.39, 0.29) is 36.9 Å². The van der Waals surface area contributed by atoms with Crippen LogP contribution in [0.4, 0.5) is 0 Å². The predicted molar refractivity (Wildman–Crippen MR) is 106 cm³/mol. The van der Waals surface area contributed by atoms with Gasteiger partial charge in [0.15, 0.2) is 0 Å². The van der Waals surface area contributed by atoms with Crippen molar-refractivity contribution >= 4 is 42.4 Å². The molecule has 3 rings (SSSR count). The van der Waals surface area contributed by atoms with Crippen molar-refractivity contribution < 1.29 is 9.53 Å². The van der Waals surface area contributed by atoms with E-state index in [0.29, 0.717) is 28.5 Å². The normalized spacial score (nSPS) is 28.7. The summed E-state index contributed by atoms with van der Waals surface area (Å²) in [7, 11) is 6.41. The van der Waals surface area contributed by atoms with Gasteiger partial charge in [0, 0.05) is 36.0 Å². The first kappa shape index (κ1) is 22.5. The minimum absolute atomic E-state index is 0. The van der Waals surface area contributed by atoms with Gasteiger partial charge in [0.25, 0.3) is 0 Å². The molecule has 4 atom stereocenters. The fourth-order valence-electron chi connectivity index (χ4n) is 4.19. The van der Waals surface area contributed by atoms with E-state index in [0.717, 1.165) is 19.5 Å². The number of carbonyl (C=O) groups excluding carboxylic acids is 1. The Kier molecular flexibility index (Phi) is 8.49. The van der Waals surface area contributed by atoms with E-state index in [2.05, 4.69) is 30.9 Å². The Hall–Kier alpha value is -0.520. The molecule has 1 saturated carbocycles. The van der Waals surface area contributed by atoms with Gasteiger partial charge < -0.3 is 14.5 Å². The van der Waals surface area contributed by atoms with E-state index in [1.54, 1.807) is 24.3 Å². The molecule has 2 aliphatic rings. The summed E-state index contributed by atoms with van der Waals surface area (Å²) in [6.07, 6.45) is 2.31. The van der Waals surface area contributed by atoms with Crippen LogP contribution in [-0.4, -0.2) is 62.1 Å². The Morgan fingerprint density at radius 3 is 2.40 bits per heavy atom. The van der Waals surface area contributed by atoms with Crippen molar-refractivity contribution in [2.75, 3.05) is 34.2 Å². The van der Waals surface area contributed by atoms with E-state index in [9.17, 15) is 4.79 Å². The Labute approximate surface area is 167 Å². The summed E-state index contributed by atoms with van der Waals surface area (Å²) < 4.78 is 5.98. The lowest BCUT2D eigenvalue weighted by atomic mass is 9.72. The lowest BCUT2D eigenvalue weighted by Gasteiger charge is -2.50. The molecule has 0 N–H and O–H groups in total. The highest BCUT2D eigenvalue weighted by molar-refractivity contribution is 6.30. The van der Waals surface area contributed by atoms with Crippen LogP contribution in [-0.2, 0) is 4.74 Å². The molecule has 1 saturated heterocycles. The van der Waals surface area contributed by atoms with Crippen molar-refractivity contribution in [3.8, 4) is 0 Å². The number of halogens is 3. The minimum atomic E-state index is -0.231. The van der Waals surface area contributed by atoms with E-state index in [1.807, 2.05) is 0 Å². The van der Waals surface area contributed by atoms with Gasteiger partial charge in [-0.25, -0.2) is 4.79 Å². The monoisotopic (exact) mass is 408 g/mol. The van der Waals surface area contributed by atoms with Crippen LogP contribution in [0.15, 0.2) is 24.3 Å². The fourth-order valence-corrected chi connectivity index (χ4v) is 4.32. The van der Waals surface area contributed by atoms with Crippen LogP contribution in [0.1, 0.15) is 23.2 Å². The van der Waals surface area contributed by atoms with Crippen LogP contribution in [0, 0.1) is 11.8 Å². The second kappa shape index (κ2) is 9.43. The molecule has 7 heteroatoms. The Morgan fingerprint density at radius 2 is 1.80 bits per heavy atom. The molecule has 0 aromatic heterocycles. The molecule has 0 radical (unpaired) electrons. The number of nitrogens with zero attached hydrogens (tertiary/aromatic N) is 2. The second-order valence-corrected chi connectivity index (χ2v) is 7.57. The van der Waals surface area contributed by atoms with Gasteiger partial charge in [-0.05, 0) is 58.3 Å². The maximum Gasteiger partial charge on any atom is 0.338 e. The van der Waals surface area contributed by atoms with Crippen LogP contribution < -0.4 is 0 Å². The maximum atomic E-state index is 12.5. The standard InChI is InChI=1S/C18H25ClN2O2.2ClH/c1-20(2)16-9-6-13-10-21(3)11-15(16)17(13)23-18(22)12-4-7-14(19)8-5-12;;/h4-5,7-8,13,15-17H,6,9-11H2,1-3H3;2*1H/t13?,15?,16-,17-;;/m1../s1. The zero-order valence-electron chi connectivity index (χ0n) is 14.9. The van der Waals surface area contributed by atoms with E-state index in [4.69, 9.17) is 16.3 Å². The zero-order chi connectivity index (χ0) is 16.6. The van der Waals surface area contributed by atoms with Gasteiger partial charge in [-0.15, -0.1) is 24.8 Å². The quantitative estimate of drug-likeness (QED) is 0.714. The Balaban J connectivity index is 0.00000156. The van der Waals surface area contributed by atoms with Crippen LogP contribution in [0.5, 0.6) is 0 Å². The number of hydrogen-bond donors (Lipinski definition) is 0. The summed E-state index contributed by atoms with van der Waals surface area (Å²) in [6, 6.07) is 7.40. The molecule has 1 heterocycles. The third-order valence-corrected chi connectivity index (χ3v) is 5.52. The minimum Gasteiger partial charge on any atom is -0.458 e. The first-order valence-electron chi connectivity index (χ1n) is 8.27. The predicted octanol–water partition coefficient (Wildman–Crippen LogP) is 3.61. The first-order valence-corrected chi connectivity index (χ1v) is 8.65. The Morgan fingerprint density at radius 1 is 1.16 bits per heavy atom. The molecular weight excluding hydrogens is 383 g/mol. The fraction of sp³-hybridized carbons (Fsp3) is 0.611. The molecule has 0 spiro atoms. The number of benzene rings is 1. The number of hydrogen-bond acceptors (Lipinski definition) is 4. The van der Waals surface area contributed by atoms with E-state index in [1.165, 1.54) is 6.42 Å². The highest BCUT2D eigenvalue weighted by Crippen LogP contribution is 2.38. The summed E-state index contributed by atoms with van der Waals surface area (Å²) >= 11 is 5.89. The lowest BCUT2D eigenvalue weighted by Crippen LogP contribution is -2.59. The van der Waals surface area contributed by atoms with Crippen molar-refractivity contribution in [2.45, 2.75) is 25.0 Å². The van der Waals surface area contributed by atoms with Gasteiger partial charge in [-0.1, -0.05) is 11.6 Å². The van der Waals surface area contributed by atoms with Gasteiger partial charge in [0.2, 0.25) is 0 Å². The van der Waals surface area contributed by atoms with Gasteiger partial charge in [0.05, 0.1) is 5.56 Å². The van der Waals surface area contributed by atoms with Gasteiger partial charge >= 0.3 is 5.97 Å². The maximum absolute atomic E-state index is 12.5. The molecular formula is C18H27Cl3N2O2. The molecule has 2 bridgehead atoms. The number of piperidine rings is 1. The molecule has 1 aromatic carbocycles. The topological polar surface area (TPSA) is 32.8 Å². The van der Waals surface area contributed by atoms with Gasteiger partial charge in [0.1, 0.15) is 6.10 Å². The largest absolute Gasteiger partial charge is 0.458 e. The summed E-state index contributed by atoms with van der Waals surface area (Å²) in [4.78, 5) is 17.2. The van der Waals surface area contributed by atoms with E-state index >= 15 is 0 Å². The molecule has 142 valence electrons. The van der Waals surface area contributed by atoms with Crippen LogP contribution in [0.3, 0.4) is 0 Å². The SMILES string of the molecule is CN1CC2CC[C@@H](N(C)C)C(C1)[C@@H]2OC(=O)c1ccc(Cl)cc1.Cl.Cl. The van der Waals surface area contributed by atoms with Crippen LogP contribution in [0.25, 0.3) is 0 Å². The molecule has 2 unspecified atom stereocenters. The van der Waals surface area contributed by atoms with E-state index < -0.39 is 0 Å². The van der Waals surface area contributed by atoms with Crippen molar-refractivity contribution in [3.05, 3.63) is 34.9 Å². The second-order valence-electron chi connectivity index (χ2n) is 7.13. The number of fused-ring (bicyclic) bond motifs is 2. The van der Waals surface area contributed by atoms with Crippen molar-refractivity contribution in [3.63, 3.8) is 0 Å². The molecule has 2 fully saturated rings. The van der Waals surface area contributed by atoms with Crippen molar-refractivity contribution in [1.82, 2.24) is 9.80 Å². The van der Waals surface area contributed by atoms with Crippen molar-refractivity contribution in [1.29, 1.82) is 0 Å². The highest BCUT2D eigenvalue weighted by atomic mass is 35.5. The number of likely N-dealkylation sites (tertiary alicyclic amines) is 1. The molecule has 4 nitrogen and oxygen atoms in total. The van der Waals surface area contributed by atoms with Crippen LogP contribution in [0.2, 0.25) is 5.02 Å². The summed E-state index contributed by atoms with van der Waals surface area (Å²) in [5, 5.41) is 0.630. The number of esters is 1. The molecule has 1 aliphatic carbocycles. The van der Waals surface area contributed by atoms with Gasteiger partial charge in [-0.3, -0.25) is 0 Å². The number of rotatable bonds is 3. The average molecular weight is 410 g/mol. The third kappa shape index (κ3) is 5.01. The first-order chi connectivity index (χ1) is 11.0. The summed E-state index contributed by atoms with van der Waals surface area (Å²) in [5.41, 5.74) is 0.577. The molecule has 25 heavy (non-hydrogen) atoms.